The molecule has 53 heavy (non-hydrogen) atoms. The summed E-state index contributed by atoms with van der Waals surface area (Å²) in [6.07, 6.45) is 0. The van der Waals surface area contributed by atoms with E-state index < -0.39 is 0 Å². The van der Waals surface area contributed by atoms with Crippen LogP contribution in [-0.4, -0.2) is 19.1 Å². The van der Waals surface area contributed by atoms with Crippen molar-refractivity contribution >= 4 is 87.2 Å². The van der Waals surface area contributed by atoms with Crippen molar-refractivity contribution in [3.8, 4) is 22.9 Å². The molecule has 5 heteroatoms. The first-order valence-corrected chi connectivity index (χ1v) is 17.9. The molecule has 12 rings (SSSR count). The van der Waals surface area contributed by atoms with Gasteiger partial charge in [-0.15, -0.1) is 0 Å². The molecule has 0 saturated heterocycles. The molecule has 0 N–H and O–H groups in total. The van der Waals surface area contributed by atoms with E-state index in [4.69, 9.17) is 14.4 Å². The highest BCUT2D eigenvalue weighted by Crippen LogP contribution is 2.44. The van der Waals surface area contributed by atoms with Crippen molar-refractivity contribution in [3.63, 3.8) is 0 Å². The average Bonchev–Trinajstić information content (AvgIpc) is 3.87. The van der Waals surface area contributed by atoms with Gasteiger partial charge in [-0.2, -0.15) is 0 Å². The lowest BCUT2D eigenvalue weighted by molar-refractivity contribution is 0.669. The smallest absolute Gasteiger partial charge is 0.235 e. The van der Waals surface area contributed by atoms with E-state index in [0.717, 1.165) is 82.6 Å². The van der Waals surface area contributed by atoms with Gasteiger partial charge in [0, 0.05) is 55.0 Å². The monoisotopic (exact) mass is 676 g/mol. The van der Waals surface area contributed by atoms with E-state index in [0.29, 0.717) is 5.95 Å². The number of hydrogen-bond acceptors (Lipinski definition) is 3. The van der Waals surface area contributed by atoms with E-state index in [2.05, 4.69) is 155 Å². The number of nitrogens with zero attached hydrogens (tertiary/aromatic N) is 4. The molecule has 4 heterocycles. The third-order valence-electron chi connectivity index (χ3n) is 10.9. The van der Waals surface area contributed by atoms with Gasteiger partial charge >= 0.3 is 0 Å². The predicted octanol–water partition coefficient (Wildman–Crippen LogP) is 12.5. The van der Waals surface area contributed by atoms with E-state index in [-0.39, 0.29) is 0 Å². The quantitative estimate of drug-likeness (QED) is 0.187. The normalized spacial score (nSPS) is 12.2. The third-order valence-corrected chi connectivity index (χ3v) is 10.9. The molecule has 0 aliphatic carbocycles. The molecule has 0 aliphatic rings. The number of aromatic nitrogens is 4. The number of fused-ring (bicyclic) bond motifs is 12. The largest absolute Gasteiger partial charge is 0.456 e. The summed E-state index contributed by atoms with van der Waals surface area (Å²) in [7, 11) is 0. The minimum absolute atomic E-state index is 0.612. The minimum Gasteiger partial charge on any atom is -0.456 e. The first-order chi connectivity index (χ1) is 26.3. The van der Waals surface area contributed by atoms with E-state index in [1.54, 1.807) is 0 Å². The van der Waals surface area contributed by atoms with E-state index in [1.165, 1.54) is 21.5 Å². The van der Waals surface area contributed by atoms with Crippen LogP contribution in [0.4, 0.5) is 0 Å². The van der Waals surface area contributed by atoms with Gasteiger partial charge in [-0.1, -0.05) is 127 Å². The molecule has 5 nitrogen and oxygen atoms in total. The molecule has 8 aromatic carbocycles. The zero-order valence-electron chi connectivity index (χ0n) is 28.4. The molecule has 0 spiro atoms. The number of para-hydroxylation sites is 3. The zero-order chi connectivity index (χ0) is 34.6. The Morgan fingerprint density at radius 2 is 1.09 bits per heavy atom. The van der Waals surface area contributed by atoms with Crippen molar-refractivity contribution in [2.45, 2.75) is 0 Å². The molecule has 246 valence electrons. The first kappa shape index (κ1) is 28.5. The fraction of sp³-hybridized carbons (Fsp3) is 0. The second-order valence-corrected chi connectivity index (χ2v) is 13.8. The highest BCUT2D eigenvalue weighted by Gasteiger charge is 2.24. The summed E-state index contributed by atoms with van der Waals surface area (Å²) in [5.74, 6) is 0.612. The molecular weight excluding hydrogens is 649 g/mol. The SMILES string of the molecule is c1ccc(-c2nc(-n3c4cc5oc6ccccc6c5cc4c4ccc5c6ccccc6n(-c6ccc7ccccc7c6)c5c43)nc3ccccc23)cc1. The number of furan rings is 1. The Balaban J connectivity index is 1.30. The van der Waals surface area contributed by atoms with Crippen molar-refractivity contribution in [1.29, 1.82) is 0 Å². The van der Waals surface area contributed by atoms with Crippen LogP contribution in [0.5, 0.6) is 0 Å². The summed E-state index contributed by atoms with van der Waals surface area (Å²) >= 11 is 0. The van der Waals surface area contributed by atoms with Gasteiger partial charge in [0.15, 0.2) is 0 Å². The summed E-state index contributed by atoms with van der Waals surface area (Å²) in [4.78, 5) is 10.8. The topological polar surface area (TPSA) is 48.8 Å². The van der Waals surface area contributed by atoms with Gasteiger partial charge in [0.25, 0.3) is 0 Å². The molecule has 0 unspecified atom stereocenters. The second-order valence-electron chi connectivity index (χ2n) is 13.8. The van der Waals surface area contributed by atoms with Gasteiger partial charge in [0.2, 0.25) is 5.95 Å². The fourth-order valence-electron chi connectivity index (χ4n) is 8.54. The average molecular weight is 677 g/mol. The van der Waals surface area contributed by atoms with Gasteiger partial charge in [-0.05, 0) is 47.2 Å². The zero-order valence-corrected chi connectivity index (χ0v) is 28.4. The Labute approximate surface area is 302 Å². The summed E-state index contributed by atoms with van der Waals surface area (Å²) in [5, 5.41) is 10.2. The van der Waals surface area contributed by atoms with Crippen LogP contribution in [0.3, 0.4) is 0 Å². The van der Waals surface area contributed by atoms with Crippen molar-refractivity contribution in [3.05, 3.63) is 170 Å². The van der Waals surface area contributed by atoms with Gasteiger partial charge in [-0.25, -0.2) is 9.97 Å². The van der Waals surface area contributed by atoms with Crippen molar-refractivity contribution in [2.24, 2.45) is 0 Å². The molecule has 0 fully saturated rings. The van der Waals surface area contributed by atoms with E-state index in [9.17, 15) is 0 Å². The number of rotatable bonds is 3. The molecule has 0 amide bonds. The lowest BCUT2D eigenvalue weighted by Crippen LogP contribution is -2.04. The summed E-state index contributed by atoms with van der Waals surface area (Å²) < 4.78 is 11.2. The van der Waals surface area contributed by atoms with Crippen molar-refractivity contribution in [1.82, 2.24) is 19.1 Å². The molecule has 0 saturated carbocycles. The molecule has 12 aromatic rings. The third kappa shape index (κ3) is 4.02. The van der Waals surface area contributed by atoms with Crippen LogP contribution >= 0.6 is 0 Å². The summed E-state index contributed by atoms with van der Waals surface area (Å²) in [5.41, 5.74) is 9.92. The lowest BCUT2D eigenvalue weighted by Gasteiger charge is -2.14. The Bertz CT molecular complexity index is 3460. The van der Waals surface area contributed by atoms with Crippen molar-refractivity contribution < 1.29 is 4.42 Å². The van der Waals surface area contributed by atoms with Gasteiger partial charge in [-0.3, -0.25) is 4.57 Å². The van der Waals surface area contributed by atoms with Crippen LogP contribution in [0, 0.1) is 0 Å². The van der Waals surface area contributed by atoms with E-state index in [1.807, 2.05) is 24.3 Å². The van der Waals surface area contributed by atoms with Crippen molar-refractivity contribution in [2.75, 3.05) is 0 Å². The Hall–Kier alpha value is -7.24. The van der Waals surface area contributed by atoms with Crippen LogP contribution < -0.4 is 0 Å². The fourth-order valence-corrected chi connectivity index (χ4v) is 8.54. The molecule has 0 bridgehead atoms. The standard InChI is InChI=1S/C48H28N4O/c1-2-13-30(14-3-1)45-37-18-6-9-19-40(37)49-48(50-45)52-42-28-44-39(34-17-8-11-21-43(34)53-44)27-38(42)36-25-24-35-33-16-7-10-20-41(33)51(46(35)47(36)52)32-23-22-29-12-4-5-15-31(29)26-32/h1-28H. The molecule has 0 atom stereocenters. The van der Waals surface area contributed by atoms with Crippen LogP contribution in [0.1, 0.15) is 0 Å². The van der Waals surface area contributed by atoms with Crippen LogP contribution in [-0.2, 0) is 0 Å². The molecule has 4 aromatic heterocycles. The number of hydrogen-bond donors (Lipinski definition) is 0. The molecule has 0 radical (unpaired) electrons. The van der Waals surface area contributed by atoms with Crippen LogP contribution in [0.25, 0.3) is 110 Å². The van der Waals surface area contributed by atoms with Crippen LogP contribution in [0.15, 0.2) is 174 Å². The lowest BCUT2D eigenvalue weighted by atomic mass is 10.1. The summed E-state index contributed by atoms with van der Waals surface area (Å²) in [6.45, 7) is 0. The second kappa shape index (κ2) is 10.6. The Morgan fingerprint density at radius 1 is 0.396 bits per heavy atom. The van der Waals surface area contributed by atoms with Gasteiger partial charge < -0.3 is 8.98 Å². The summed E-state index contributed by atoms with van der Waals surface area (Å²) in [6, 6.07) is 60.1. The Morgan fingerprint density at radius 3 is 1.98 bits per heavy atom. The van der Waals surface area contributed by atoms with E-state index >= 15 is 0 Å². The Kier molecular flexibility index (Phi) is 5.71. The first-order valence-electron chi connectivity index (χ1n) is 17.9. The van der Waals surface area contributed by atoms with Crippen LogP contribution in [0.2, 0.25) is 0 Å². The van der Waals surface area contributed by atoms with Gasteiger partial charge in [0.05, 0.1) is 33.3 Å². The maximum atomic E-state index is 6.52. The maximum Gasteiger partial charge on any atom is 0.235 e. The minimum atomic E-state index is 0.612. The molecule has 0 aliphatic heterocycles. The maximum absolute atomic E-state index is 6.52. The number of benzene rings is 8. The highest BCUT2D eigenvalue weighted by atomic mass is 16.3. The highest BCUT2D eigenvalue weighted by molar-refractivity contribution is 6.25. The molecular formula is C48H28N4O. The van der Waals surface area contributed by atoms with Gasteiger partial charge in [0.1, 0.15) is 11.2 Å². The predicted molar refractivity (Wildman–Crippen MR) is 218 cm³/mol.